The summed E-state index contributed by atoms with van der Waals surface area (Å²) in [5, 5.41) is 8.62. The summed E-state index contributed by atoms with van der Waals surface area (Å²) >= 11 is 0. The summed E-state index contributed by atoms with van der Waals surface area (Å²) in [7, 11) is 0. The van der Waals surface area contributed by atoms with Crippen LogP contribution in [0.5, 0.6) is 0 Å². The van der Waals surface area contributed by atoms with Gasteiger partial charge >= 0.3 is 11.9 Å². The Morgan fingerprint density at radius 1 is 0.479 bits per heavy atom. The van der Waals surface area contributed by atoms with E-state index in [0.29, 0.717) is 0 Å². The van der Waals surface area contributed by atoms with Gasteiger partial charge in [-0.05, 0) is 93.6 Å². The first kappa shape index (κ1) is 43.6. The van der Waals surface area contributed by atoms with E-state index in [2.05, 4.69) is 165 Å². The molecule has 4 heteroatoms. The van der Waals surface area contributed by atoms with Gasteiger partial charge in [-0.1, -0.05) is 148 Å². The van der Waals surface area contributed by atoms with E-state index in [9.17, 15) is 9.59 Å². The monoisotopic (exact) mass is 652 g/mol. The summed E-state index contributed by atoms with van der Waals surface area (Å²) < 4.78 is 5.10. The van der Waals surface area contributed by atoms with Gasteiger partial charge in [0.05, 0.1) is 12.8 Å². The lowest BCUT2D eigenvalue weighted by Gasteiger charge is -2.04. The molecule has 0 saturated carbocycles. The van der Waals surface area contributed by atoms with Crippen molar-refractivity contribution in [1.29, 1.82) is 0 Å². The number of carboxylic acid groups (broad SMARTS) is 1. The van der Waals surface area contributed by atoms with E-state index in [4.69, 9.17) is 9.84 Å². The standard InChI is InChI=1S/C44H60O4/c1-35(2)18-12-21-38(5)24-15-27-39(6)25-13-22-36(3)19-10-11-20-37(4)23-14-26-40(7)28-16-29-41(8)30-17-31-42(9)34-48-44(47)33-32-43(45)46/h10-11,13-16,18-20,22-29,31H,12,17,21,30,32-34H2,1-9H3,(H,45,46)/b11-10+,22-13+,23-14+,27-15+,28-16+,36-19+,37-20+,38-24+,39-25+,40-26+,41-29+,42-31+. The molecule has 0 fully saturated rings. The van der Waals surface area contributed by atoms with Gasteiger partial charge in [0.1, 0.15) is 6.61 Å². The van der Waals surface area contributed by atoms with Crippen LogP contribution in [0.2, 0.25) is 0 Å². The first-order chi connectivity index (χ1) is 22.8. The van der Waals surface area contributed by atoms with Gasteiger partial charge < -0.3 is 9.84 Å². The minimum Gasteiger partial charge on any atom is -0.481 e. The highest BCUT2D eigenvalue weighted by Gasteiger charge is 2.06. The van der Waals surface area contributed by atoms with Crippen molar-refractivity contribution in [2.75, 3.05) is 6.61 Å². The Morgan fingerprint density at radius 3 is 1.29 bits per heavy atom. The Labute approximate surface area is 292 Å². The molecule has 48 heavy (non-hydrogen) atoms. The highest BCUT2D eigenvalue weighted by molar-refractivity contribution is 5.76. The number of carbonyl (C=O) groups excluding carboxylic acids is 1. The summed E-state index contributed by atoms with van der Waals surface area (Å²) in [5.41, 5.74) is 9.71. The Hall–Kier alpha value is -4.44. The summed E-state index contributed by atoms with van der Waals surface area (Å²) in [4.78, 5) is 22.0. The van der Waals surface area contributed by atoms with Crippen molar-refractivity contribution in [3.63, 3.8) is 0 Å². The lowest BCUT2D eigenvalue weighted by Crippen LogP contribution is -2.08. The number of allylic oxidation sites excluding steroid dienone is 25. The first-order valence-corrected chi connectivity index (χ1v) is 16.8. The number of carbonyl (C=O) groups is 2. The Kier molecular flexibility index (Phi) is 25.1. The third-order valence-corrected chi connectivity index (χ3v) is 6.87. The minimum atomic E-state index is -1.000. The predicted molar refractivity (Wildman–Crippen MR) is 208 cm³/mol. The molecular formula is C44H60O4. The topological polar surface area (TPSA) is 63.6 Å². The number of esters is 1. The van der Waals surface area contributed by atoms with Crippen LogP contribution in [0, 0.1) is 0 Å². The molecule has 0 amide bonds. The van der Waals surface area contributed by atoms with Crippen LogP contribution in [0.25, 0.3) is 0 Å². The van der Waals surface area contributed by atoms with Crippen LogP contribution < -0.4 is 0 Å². The van der Waals surface area contributed by atoms with Crippen molar-refractivity contribution in [3.8, 4) is 0 Å². The molecule has 0 saturated heterocycles. The largest absolute Gasteiger partial charge is 0.481 e. The number of aliphatic carboxylic acids is 1. The molecule has 0 aromatic rings. The maximum atomic E-state index is 11.5. The van der Waals surface area contributed by atoms with Crippen molar-refractivity contribution in [2.45, 2.75) is 101 Å². The summed E-state index contributed by atoms with van der Waals surface area (Å²) in [6.45, 7) is 19.0. The summed E-state index contributed by atoms with van der Waals surface area (Å²) in [6.07, 6.45) is 41.6. The van der Waals surface area contributed by atoms with Crippen molar-refractivity contribution >= 4 is 11.9 Å². The van der Waals surface area contributed by atoms with Gasteiger partial charge in [0.15, 0.2) is 0 Å². The smallest absolute Gasteiger partial charge is 0.306 e. The van der Waals surface area contributed by atoms with Crippen LogP contribution >= 0.6 is 0 Å². The normalized spacial score (nSPS) is 14.8. The fourth-order valence-electron chi connectivity index (χ4n) is 3.90. The van der Waals surface area contributed by atoms with Gasteiger partial charge in [0, 0.05) is 0 Å². The van der Waals surface area contributed by atoms with Crippen molar-refractivity contribution in [2.24, 2.45) is 0 Å². The summed E-state index contributed by atoms with van der Waals surface area (Å²) in [6, 6.07) is 0. The van der Waals surface area contributed by atoms with Crippen molar-refractivity contribution < 1.29 is 19.4 Å². The van der Waals surface area contributed by atoms with Crippen LogP contribution in [0.4, 0.5) is 0 Å². The molecule has 0 unspecified atom stereocenters. The lowest BCUT2D eigenvalue weighted by atomic mass is 10.1. The van der Waals surface area contributed by atoms with E-state index < -0.39 is 11.9 Å². The van der Waals surface area contributed by atoms with Gasteiger partial charge in [-0.15, -0.1) is 0 Å². The van der Waals surface area contributed by atoms with Gasteiger partial charge in [0.2, 0.25) is 0 Å². The van der Waals surface area contributed by atoms with Crippen LogP contribution in [-0.2, 0) is 14.3 Å². The minimum absolute atomic E-state index is 0.0992. The summed E-state index contributed by atoms with van der Waals surface area (Å²) in [5.74, 6) is -1.48. The third-order valence-electron chi connectivity index (χ3n) is 6.87. The number of carboxylic acids is 1. The number of ether oxygens (including phenoxy) is 1. The molecule has 0 aliphatic heterocycles. The number of hydrogen-bond donors (Lipinski definition) is 1. The molecule has 260 valence electrons. The second-order valence-corrected chi connectivity index (χ2v) is 12.5. The Morgan fingerprint density at radius 2 is 0.875 bits per heavy atom. The van der Waals surface area contributed by atoms with Gasteiger partial charge in [-0.3, -0.25) is 9.59 Å². The Bertz CT molecular complexity index is 1420. The van der Waals surface area contributed by atoms with E-state index in [-0.39, 0.29) is 19.4 Å². The van der Waals surface area contributed by atoms with Crippen LogP contribution in [0.1, 0.15) is 101 Å². The van der Waals surface area contributed by atoms with Crippen molar-refractivity contribution in [3.05, 3.63) is 154 Å². The van der Waals surface area contributed by atoms with E-state index >= 15 is 0 Å². The van der Waals surface area contributed by atoms with Crippen LogP contribution in [0.15, 0.2) is 154 Å². The molecule has 0 rings (SSSR count). The average molecular weight is 653 g/mol. The molecule has 0 radical (unpaired) electrons. The lowest BCUT2D eigenvalue weighted by molar-refractivity contribution is -0.147. The maximum Gasteiger partial charge on any atom is 0.306 e. The van der Waals surface area contributed by atoms with Crippen LogP contribution in [0.3, 0.4) is 0 Å². The van der Waals surface area contributed by atoms with Gasteiger partial charge in [0.25, 0.3) is 0 Å². The Balaban J connectivity index is 4.66. The van der Waals surface area contributed by atoms with Crippen LogP contribution in [-0.4, -0.2) is 23.7 Å². The highest BCUT2D eigenvalue weighted by Crippen LogP contribution is 2.10. The zero-order valence-corrected chi connectivity index (χ0v) is 31.0. The second kappa shape index (κ2) is 27.7. The quantitative estimate of drug-likeness (QED) is 0.0761. The first-order valence-electron chi connectivity index (χ1n) is 16.8. The molecule has 0 bridgehead atoms. The molecule has 0 aliphatic rings. The molecule has 0 spiro atoms. The fourth-order valence-corrected chi connectivity index (χ4v) is 3.90. The molecule has 1 N–H and O–H groups in total. The molecule has 0 aromatic heterocycles. The molecule has 0 heterocycles. The third kappa shape index (κ3) is 29.0. The number of hydrogen-bond acceptors (Lipinski definition) is 3. The zero-order chi connectivity index (χ0) is 36.2. The fraction of sp³-hybridized carbons (Fsp3) is 0.364. The van der Waals surface area contributed by atoms with Gasteiger partial charge in [-0.25, -0.2) is 0 Å². The predicted octanol–water partition coefficient (Wildman–Crippen LogP) is 12.3. The van der Waals surface area contributed by atoms with E-state index in [1.807, 2.05) is 6.92 Å². The highest BCUT2D eigenvalue weighted by atomic mass is 16.5. The molecular weight excluding hydrogens is 592 g/mol. The van der Waals surface area contributed by atoms with E-state index in [0.717, 1.165) is 36.8 Å². The maximum absolute atomic E-state index is 11.5. The number of rotatable bonds is 21. The van der Waals surface area contributed by atoms with E-state index in [1.165, 1.54) is 33.4 Å². The molecule has 0 atom stereocenters. The second-order valence-electron chi connectivity index (χ2n) is 12.5. The average Bonchev–Trinajstić information content (AvgIpc) is 3.01. The zero-order valence-electron chi connectivity index (χ0n) is 31.0. The van der Waals surface area contributed by atoms with Crippen molar-refractivity contribution in [1.82, 2.24) is 0 Å². The molecule has 0 aromatic carbocycles. The molecule has 0 aliphatic carbocycles. The SMILES string of the molecule is CC(C)=CCC/C(C)=C/C=C/C(C)=C/C=C/C(C)=C/C=C/C=C(C)/C=C/C=C(C)/C=C/C=C(\C)CC/C=C(\C)COC(=O)CCC(=O)O. The molecule has 4 nitrogen and oxygen atoms in total. The van der Waals surface area contributed by atoms with E-state index in [1.54, 1.807) is 0 Å². The van der Waals surface area contributed by atoms with Gasteiger partial charge in [-0.2, -0.15) is 0 Å².